The average molecular weight is 644 g/mol. The minimum Gasteiger partial charge on any atom is -0.469 e. The van der Waals surface area contributed by atoms with E-state index in [4.69, 9.17) is 37.4 Å². The summed E-state index contributed by atoms with van der Waals surface area (Å²) in [5, 5.41) is 3.63. The molecule has 7 nitrogen and oxygen atoms in total. The fourth-order valence-corrected chi connectivity index (χ4v) is 5.37. The van der Waals surface area contributed by atoms with E-state index in [9.17, 15) is 14.4 Å². The topological polar surface area (TPSA) is 90.9 Å². The number of ether oxygens (including phenoxy) is 3. The van der Waals surface area contributed by atoms with Gasteiger partial charge in [0.25, 0.3) is 0 Å². The number of dihydropyridines is 1. The van der Waals surface area contributed by atoms with E-state index in [1.54, 1.807) is 18.2 Å². The largest absolute Gasteiger partial charge is 0.469 e. The van der Waals surface area contributed by atoms with Crippen LogP contribution in [0.4, 0.5) is 0 Å². The third kappa shape index (κ3) is 6.04. The van der Waals surface area contributed by atoms with Crippen LogP contribution in [-0.4, -0.2) is 39.2 Å². The Morgan fingerprint density at radius 2 is 1.42 bits per heavy atom. The normalized spacial score (nSPS) is 15.3. The Balaban J connectivity index is 2.28. The highest BCUT2D eigenvalue weighted by Gasteiger charge is 2.41. The van der Waals surface area contributed by atoms with Crippen LogP contribution in [-0.2, 0) is 35.0 Å². The van der Waals surface area contributed by atoms with Gasteiger partial charge in [-0.1, -0.05) is 47.5 Å². The molecule has 1 unspecified atom stereocenters. The third-order valence-electron chi connectivity index (χ3n) is 5.78. The van der Waals surface area contributed by atoms with Gasteiger partial charge in [0.1, 0.15) is 0 Å². The van der Waals surface area contributed by atoms with Crippen LogP contribution in [0.15, 0.2) is 65.0 Å². The van der Waals surface area contributed by atoms with Gasteiger partial charge < -0.3 is 19.5 Å². The van der Waals surface area contributed by atoms with E-state index in [-0.39, 0.29) is 33.3 Å². The number of methoxy groups -OCH3 is 3. The van der Waals surface area contributed by atoms with Crippen molar-refractivity contribution in [3.05, 3.63) is 89.7 Å². The SMILES string of the molecule is COC(=O)CC1=C(C(=O)OC)C(c2c(Cl)cccc2Cl)C(C(=O)OC)=C(CCc2ccccc2I)N1. The number of benzene rings is 2. The van der Waals surface area contributed by atoms with Crippen LogP contribution < -0.4 is 5.32 Å². The first-order chi connectivity index (χ1) is 17.2. The Morgan fingerprint density at radius 1 is 0.833 bits per heavy atom. The Kier molecular flexibility index (Phi) is 9.81. The molecule has 1 N–H and O–H groups in total. The standard InChI is InChI=1S/C26H24Cl2INO6/c1-34-20(31)13-19-23(26(33)36-3)24(21-15(27)8-6-9-16(21)28)22(25(32)35-2)18(30-19)12-11-14-7-4-5-10-17(14)29/h4-10,24,30H,11-13H2,1-3H3. The lowest BCUT2D eigenvalue weighted by Gasteiger charge is -2.33. The van der Waals surface area contributed by atoms with Gasteiger partial charge in [0.15, 0.2) is 0 Å². The molecule has 0 spiro atoms. The zero-order valence-electron chi connectivity index (χ0n) is 19.8. The van der Waals surface area contributed by atoms with E-state index in [1.807, 2.05) is 24.3 Å². The number of allylic oxidation sites excluding steroid dienone is 1. The van der Waals surface area contributed by atoms with Crippen molar-refractivity contribution < 1.29 is 28.6 Å². The lowest BCUT2D eigenvalue weighted by molar-refractivity contribution is -0.139. The molecule has 1 aliphatic heterocycles. The number of hydrogen-bond acceptors (Lipinski definition) is 7. The van der Waals surface area contributed by atoms with Gasteiger partial charge in [0.2, 0.25) is 0 Å². The molecule has 2 aromatic carbocycles. The second-order valence-corrected chi connectivity index (χ2v) is 9.78. The number of halogens is 3. The molecule has 0 aromatic heterocycles. The predicted molar refractivity (Wildman–Crippen MR) is 145 cm³/mol. The maximum Gasteiger partial charge on any atom is 0.336 e. The van der Waals surface area contributed by atoms with Gasteiger partial charge in [-0.25, -0.2) is 9.59 Å². The summed E-state index contributed by atoms with van der Waals surface area (Å²) in [6.07, 6.45) is 0.687. The van der Waals surface area contributed by atoms with Gasteiger partial charge in [0, 0.05) is 30.6 Å². The van der Waals surface area contributed by atoms with Gasteiger partial charge in [-0.05, 0) is 59.2 Å². The summed E-state index contributed by atoms with van der Waals surface area (Å²) in [4.78, 5) is 38.6. The molecule has 0 fully saturated rings. The number of esters is 3. The summed E-state index contributed by atoms with van der Waals surface area (Å²) in [6, 6.07) is 12.7. The Hall–Kier alpha value is -2.56. The lowest BCUT2D eigenvalue weighted by atomic mass is 9.78. The van der Waals surface area contributed by atoms with Crippen molar-refractivity contribution in [3.8, 4) is 0 Å². The van der Waals surface area contributed by atoms with Crippen LogP contribution >= 0.6 is 45.8 Å². The molecule has 1 heterocycles. The van der Waals surface area contributed by atoms with Gasteiger partial charge in [-0.3, -0.25) is 4.79 Å². The summed E-state index contributed by atoms with van der Waals surface area (Å²) in [5.74, 6) is -3.04. The van der Waals surface area contributed by atoms with Gasteiger partial charge >= 0.3 is 17.9 Å². The zero-order chi connectivity index (χ0) is 26.4. The highest BCUT2D eigenvalue weighted by atomic mass is 127. The van der Waals surface area contributed by atoms with Crippen LogP contribution in [0.25, 0.3) is 0 Å². The molecule has 0 radical (unpaired) electrons. The number of aryl methyl sites for hydroxylation is 1. The number of nitrogens with one attached hydrogen (secondary N) is 1. The Bertz CT molecular complexity index is 1240. The Morgan fingerprint density at radius 3 is 1.97 bits per heavy atom. The number of carbonyl (C=O) groups excluding carboxylic acids is 3. The minimum absolute atomic E-state index is 0.0244. The van der Waals surface area contributed by atoms with Gasteiger partial charge in [0.05, 0.1) is 44.8 Å². The Labute approximate surface area is 232 Å². The molecule has 2 aromatic rings. The molecule has 0 amide bonds. The maximum atomic E-state index is 13.2. The molecule has 0 bridgehead atoms. The summed E-state index contributed by atoms with van der Waals surface area (Å²) < 4.78 is 16.1. The summed E-state index contributed by atoms with van der Waals surface area (Å²) in [6.45, 7) is 0. The van der Waals surface area contributed by atoms with Crippen LogP contribution in [0.5, 0.6) is 0 Å². The molecule has 10 heteroatoms. The van der Waals surface area contributed by atoms with Crippen molar-refractivity contribution in [2.75, 3.05) is 21.3 Å². The van der Waals surface area contributed by atoms with Crippen LogP contribution in [0, 0.1) is 3.57 Å². The van der Waals surface area contributed by atoms with Crippen molar-refractivity contribution in [2.45, 2.75) is 25.2 Å². The molecule has 36 heavy (non-hydrogen) atoms. The van der Waals surface area contributed by atoms with Crippen LogP contribution in [0.2, 0.25) is 10.0 Å². The molecule has 1 atom stereocenters. The highest BCUT2D eigenvalue weighted by Crippen LogP contribution is 2.45. The lowest BCUT2D eigenvalue weighted by Crippen LogP contribution is -2.35. The van der Waals surface area contributed by atoms with Crippen LogP contribution in [0.3, 0.4) is 0 Å². The van der Waals surface area contributed by atoms with E-state index in [1.165, 1.54) is 21.3 Å². The van der Waals surface area contributed by atoms with Crippen molar-refractivity contribution in [1.82, 2.24) is 5.32 Å². The van der Waals surface area contributed by atoms with Crippen molar-refractivity contribution in [1.29, 1.82) is 0 Å². The molecule has 190 valence electrons. The zero-order valence-corrected chi connectivity index (χ0v) is 23.5. The van der Waals surface area contributed by atoms with Crippen molar-refractivity contribution in [3.63, 3.8) is 0 Å². The summed E-state index contributed by atoms with van der Waals surface area (Å²) in [7, 11) is 3.72. The molecule has 0 saturated heterocycles. The molecular formula is C26H24Cl2INO6. The molecular weight excluding hydrogens is 620 g/mol. The number of carbonyl (C=O) groups is 3. The smallest absolute Gasteiger partial charge is 0.336 e. The van der Waals surface area contributed by atoms with E-state index in [0.29, 0.717) is 24.1 Å². The average Bonchev–Trinajstić information content (AvgIpc) is 2.87. The minimum atomic E-state index is -1.04. The second-order valence-electron chi connectivity index (χ2n) is 7.81. The molecule has 3 rings (SSSR count). The third-order valence-corrected chi connectivity index (χ3v) is 7.49. The second kappa shape index (κ2) is 12.6. The van der Waals surface area contributed by atoms with E-state index < -0.39 is 23.8 Å². The van der Waals surface area contributed by atoms with E-state index >= 15 is 0 Å². The van der Waals surface area contributed by atoms with Gasteiger partial charge in [-0.2, -0.15) is 0 Å². The summed E-state index contributed by atoms with van der Waals surface area (Å²) >= 11 is 15.4. The summed E-state index contributed by atoms with van der Waals surface area (Å²) in [5.41, 5.74) is 2.30. The first-order valence-electron chi connectivity index (χ1n) is 10.9. The fourth-order valence-electron chi connectivity index (χ4n) is 4.10. The first-order valence-corrected chi connectivity index (χ1v) is 12.7. The molecule has 0 saturated carbocycles. The van der Waals surface area contributed by atoms with E-state index in [0.717, 1.165) is 9.13 Å². The number of hydrogen-bond donors (Lipinski definition) is 1. The molecule has 0 aliphatic carbocycles. The maximum absolute atomic E-state index is 13.2. The van der Waals surface area contributed by atoms with E-state index in [2.05, 4.69) is 27.9 Å². The van der Waals surface area contributed by atoms with Crippen LogP contribution in [0.1, 0.15) is 29.9 Å². The first kappa shape index (κ1) is 28.0. The number of rotatable bonds is 8. The monoisotopic (exact) mass is 643 g/mol. The quantitative estimate of drug-likeness (QED) is 0.236. The van der Waals surface area contributed by atoms with Gasteiger partial charge in [-0.15, -0.1) is 0 Å². The highest BCUT2D eigenvalue weighted by molar-refractivity contribution is 14.1. The fraction of sp³-hybridized carbons (Fsp3) is 0.269. The van der Waals surface area contributed by atoms with Crippen molar-refractivity contribution >= 4 is 63.7 Å². The van der Waals surface area contributed by atoms with Crippen molar-refractivity contribution in [2.24, 2.45) is 0 Å². The molecule has 1 aliphatic rings. The predicted octanol–water partition coefficient (Wildman–Crippen LogP) is 5.33.